The third-order valence-corrected chi connectivity index (χ3v) is 4.87. The summed E-state index contributed by atoms with van der Waals surface area (Å²) in [6.07, 6.45) is 8.40. The number of hydrogen-bond donors (Lipinski definition) is 1. The fourth-order valence-corrected chi connectivity index (χ4v) is 3.61. The Labute approximate surface area is 133 Å². The molecule has 0 aromatic rings. The van der Waals surface area contributed by atoms with Gasteiger partial charge in [0, 0.05) is 13.1 Å². The van der Waals surface area contributed by atoms with Crippen molar-refractivity contribution in [2.24, 2.45) is 5.41 Å². The summed E-state index contributed by atoms with van der Waals surface area (Å²) in [5.74, 6) is -0.00322. The Kier molecular flexibility index (Phi) is 5.35. The lowest BCUT2D eigenvalue weighted by atomic mass is 9.68. The van der Waals surface area contributed by atoms with Gasteiger partial charge >= 0.3 is 6.09 Å². The monoisotopic (exact) mass is 310 g/mol. The first-order chi connectivity index (χ1) is 10.3. The van der Waals surface area contributed by atoms with Gasteiger partial charge in [-0.25, -0.2) is 4.79 Å². The van der Waals surface area contributed by atoms with Gasteiger partial charge in [0.05, 0.1) is 0 Å². The van der Waals surface area contributed by atoms with E-state index in [-0.39, 0.29) is 12.5 Å². The third-order valence-electron chi connectivity index (χ3n) is 4.87. The molecule has 0 bridgehead atoms. The van der Waals surface area contributed by atoms with Gasteiger partial charge in [0.1, 0.15) is 12.1 Å². The smallest absolute Gasteiger partial charge is 0.408 e. The van der Waals surface area contributed by atoms with Crippen molar-refractivity contribution in [1.29, 1.82) is 0 Å². The summed E-state index contributed by atoms with van der Waals surface area (Å²) in [6, 6.07) is 0. The Bertz CT molecular complexity index is 399. The second-order valence-electron chi connectivity index (χ2n) is 7.80. The highest BCUT2D eigenvalue weighted by Crippen LogP contribution is 2.44. The maximum Gasteiger partial charge on any atom is 0.408 e. The molecule has 1 aliphatic heterocycles. The van der Waals surface area contributed by atoms with Crippen LogP contribution in [0.25, 0.3) is 0 Å². The van der Waals surface area contributed by atoms with E-state index < -0.39 is 11.7 Å². The molecule has 2 rings (SSSR count). The standard InChI is InChI=1S/C17H30N2O3/c1-16(2,3)22-15(21)18-13-14(20)19-11-9-17(10-12-19)7-5-4-6-8-17/h4-13H2,1-3H3,(H,18,21). The van der Waals surface area contributed by atoms with Gasteiger partial charge < -0.3 is 15.0 Å². The molecule has 2 amide bonds. The van der Waals surface area contributed by atoms with E-state index in [0.29, 0.717) is 5.41 Å². The van der Waals surface area contributed by atoms with Gasteiger partial charge in [-0.15, -0.1) is 0 Å². The number of carbonyl (C=O) groups is 2. The molecule has 0 unspecified atom stereocenters. The average molecular weight is 310 g/mol. The molecule has 5 nitrogen and oxygen atoms in total. The molecule has 0 atom stereocenters. The van der Waals surface area contributed by atoms with Crippen LogP contribution in [0, 0.1) is 5.41 Å². The number of nitrogens with zero attached hydrogens (tertiary/aromatic N) is 1. The first kappa shape index (κ1) is 17.1. The third kappa shape index (κ3) is 4.89. The summed E-state index contributed by atoms with van der Waals surface area (Å²) in [4.78, 5) is 25.7. The van der Waals surface area contributed by atoms with Gasteiger partial charge in [0.2, 0.25) is 5.91 Å². The zero-order valence-electron chi connectivity index (χ0n) is 14.2. The molecule has 1 saturated heterocycles. The SMILES string of the molecule is CC(C)(C)OC(=O)NCC(=O)N1CCC2(CCCCC2)CC1. The van der Waals surface area contributed by atoms with Crippen molar-refractivity contribution in [3.8, 4) is 0 Å². The van der Waals surface area contributed by atoms with Crippen LogP contribution in [0.2, 0.25) is 0 Å². The lowest BCUT2D eigenvalue weighted by Crippen LogP contribution is -2.47. The summed E-state index contributed by atoms with van der Waals surface area (Å²) < 4.78 is 5.14. The van der Waals surface area contributed by atoms with Crippen LogP contribution in [0.5, 0.6) is 0 Å². The summed E-state index contributed by atoms with van der Waals surface area (Å²) in [5.41, 5.74) is -0.0424. The molecule has 0 aromatic heterocycles. The van der Waals surface area contributed by atoms with Crippen molar-refractivity contribution in [2.75, 3.05) is 19.6 Å². The highest BCUT2D eigenvalue weighted by molar-refractivity contribution is 5.82. The van der Waals surface area contributed by atoms with E-state index in [4.69, 9.17) is 4.74 Å². The Morgan fingerprint density at radius 3 is 2.18 bits per heavy atom. The predicted molar refractivity (Wildman–Crippen MR) is 85.6 cm³/mol. The molecular weight excluding hydrogens is 280 g/mol. The highest BCUT2D eigenvalue weighted by atomic mass is 16.6. The molecule has 1 saturated carbocycles. The molecule has 2 aliphatic rings. The van der Waals surface area contributed by atoms with Crippen molar-refractivity contribution in [3.63, 3.8) is 0 Å². The van der Waals surface area contributed by atoms with E-state index in [2.05, 4.69) is 5.32 Å². The second kappa shape index (κ2) is 6.88. The van der Waals surface area contributed by atoms with Gasteiger partial charge in [0.25, 0.3) is 0 Å². The van der Waals surface area contributed by atoms with Crippen molar-refractivity contribution < 1.29 is 14.3 Å². The minimum atomic E-state index is -0.536. The van der Waals surface area contributed by atoms with Crippen LogP contribution in [-0.2, 0) is 9.53 Å². The molecule has 5 heteroatoms. The highest BCUT2D eigenvalue weighted by Gasteiger charge is 2.36. The van der Waals surface area contributed by atoms with Crippen molar-refractivity contribution in [2.45, 2.75) is 71.3 Å². The van der Waals surface area contributed by atoms with Crippen molar-refractivity contribution in [1.82, 2.24) is 10.2 Å². The maximum absolute atomic E-state index is 12.2. The Hall–Kier alpha value is -1.26. The lowest BCUT2D eigenvalue weighted by Gasteiger charge is -2.44. The van der Waals surface area contributed by atoms with E-state index in [1.54, 1.807) is 0 Å². The van der Waals surface area contributed by atoms with Crippen LogP contribution >= 0.6 is 0 Å². The van der Waals surface area contributed by atoms with E-state index in [0.717, 1.165) is 25.9 Å². The summed E-state index contributed by atoms with van der Waals surface area (Å²) >= 11 is 0. The average Bonchev–Trinajstić information content (AvgIpc) is 2.45. The topological polar surface area (TPSA) is 58.6 Å². The minimum absolute atomic E-state index is 0.00322. The van der Waals surface area contributed by atoms with Gasteiger partial charge in [0.15, 0.2) is 0 Å². The first-order valence-corrected chi connectivity index (χ1v) is 8.54. The van der Waals surface area contributed by atoms with Crippen molar-refractivity contribution in [3.05, 3.63) is 0 Å². The Balaban J connectivity index is 1.72. The van der Waals surface area contributed by atoms with E-state index in [1.165, 1.54) is 32.1 Å². The summed E-state index contributed by atoms with van der Waals surface area (Å²) in [5, 5.41) is 2.55. The normalized spacial score (nSPS) is 21.5. The number of hydrogen-bond acceptors (Lipinski definition) is 3. The predicted octanol–water partition coefficient (Wildman–Crippen LogP) is 3.08. The molecule has 126 valence electrons. The molecule has 2 fully saturated rings. The maximum atomic E-state index is 12.2. The molecule has 0 radical (unpaired) electrons. The summed E-state index contributed by atoms with van der Waals surface area (Å²) in [6.45, 7) is 7.11. The van der Waals surface area contributed by atoms with Crippen LogP contribution in [0.15, 0.2) is 0 Å². The number of amides is 2. The molecule has 1 spiro atoms. The van der Waals surface area contributed by atoms with Crippen molar-refractivity contribution >= 4 is 12.0 Å². The Morgan fingerprint density at radius 1 is 1.05 bits per heavy atom. The molecule has 0 aromatic carbocycles. The fraction of sp³-hybridized carbons (Fsp3) is 0.882. The minimum Gasteiger partial charge on any atom is -0.444 e. The molecule has 1 heterocycles. The first-order valence-electron chi connectivity index (χ1n) is 8.54. The quantitative estimate of drug-likeness (QED) is 0.852. The number of ether oxygens (including phenoxy) is 1. The number of piperidine rings is 1. The molecule has 1 aliphatic carbocycles. The van der Waals surface area contributed by atoms with Gasteiger partial charge in [-0.3, -0.25) is 4.79 Å². The molecular formula is C17H30N2O3. The number of carbonyl (C=O) groups excluding carboxylic acids is 2. The fourth-order valence-electron chi connectivity index (χ4n) is 3.61. The zero-order chi connectivity index (χ0) is 16.2. The van der Waals surface area contributed by atoms with Gasteiger partial charge in [-0.1, -0.05) is 19.3 Å². The Morgan fingerprint density at radius 2 is 1.64 bits per heavy atom. The van der Waals surface area contributed by atoms with Crippen LogP contribution in [0.4, 0.5) is 4.79 Å². The number of nitrogens with one attached hydrogen (secondary N) is 1. The van der Waals surface area contributed by atoms with E-state index in [9.17, 15) is 9.59 Å². The summed E-state index contributed by atoms with van der Waals surface area (Å²) in [7, 11) is 0. The second-order valence-corrected chi connectivity index (χ2v) is 7.80. The van der Waals surface area contributed by atoms with Crippen LogP contribution in [0.1, 0.15) is 65.7 Å². The van der Waals surface area contributed by atoms with E-state index >= 15 is 0 Å². The number of alkyl carbamates (subject to hydrolysis) is 1. The van der Waals surface area contributed by atoms with Gasteiger partial charge in [-0.2, -0.15) is 0 Å². The molecule has 22 heavy (non-hydrogen) atoms. The number of likely N-dealkylation sites (tertiary alicyclic amines) is 1. The van der Waals surface area contributed by atoms with E-state index in [1.807, 2.05) is 25.7 Å². The largest absolute Gasteiger partial charge is 0.444 e. The van der Waals surface area contributed by atoms with Crippen LogP contribution < -0.4 is 5.32 Å². The van der Waals surface area contributed by atoms with Gasteiger partial charge in [-0.05, 0) is 51.9 Å². The lowest BCUT2D eigenvalue weighted by molar-refractivity contribution is -0.133. The number of rotatable bonds is 2. The van der Waals surface area contributed by atoms with Crippen LogP contribution in [0.3, 0.4) is 0 Å². The van der Waals surface area contributed by atoms with Crippen LogP contribution in [-0.4, -0.2) is 42.1 Å². The molecule has 1 N–H and O–H groups in total. The zero-order valence-corrected chi connectivity index (χ0v) is 14.2.